The highest BCUT2D eigenvalue weighted by atomic mass is 16.5. The largest absolute Gasteiger partial charge is 0.466 e. The minimum Gasteiger partial charge on any atom is -0.466 e. The van der Waals surface area contributed by atoms with Gasteiger partial charge in [0.25, 0.3) is 0 Å². The lowest BCUT2D eigenvalue weighted by Gasteiger charge is -2.22. The lowest BCUT2D eigenvalue weighted by Crippen LogP contribution is -2.45. The Morgan fingerprint density at radius 2 is 0.662 bits per heavy atom. The molecule has 420 valence electrons. The molecule has 0 aromatic rings. The normalized spacial score (nSPS) is 12.7. The van der Waals surface area contributed by atoms with Crippen LogP contribution in [0.3, 0.4) is 0 Å². The van der Waals surface area contributed by atoms with Crippen LogP contribution >= 0.6 is 0 Å². The van der Waals surface area contributed by atoms with Crippen LogP contribution in [-0.4, -0.2) is 47.4 Å². The van der Waals surface area contributed by atoms with E-state index in [1.165, 1.54) is 250 Å². The molecule has 71 heavy (non-hydrogen) atoms. The number of rotatable bonds is 60. The molecule has 0 saturated heterocycles. The van der Waals surface area contributed by atoms with Crippen molar-refractivity contribution in [3.63, 3.8) is 0 Å². The van der Waals surface area contributed by atoms with E-state index in [9.17, 15) is 19.8 Å². The fourth-order valence-electron chi connectivity index (χ4n) is 10.0. The van der Waals surface area contributed by atoms with Crippen LogP contribution in [0.15, 0.2) is 24.3 Å². The Labute approximate surface area is 443 Å². The average Bonchev–Trinajstić information content (AvgIpc) is 3.37. The van der Waals surface area contributed by atoms with E-state index in [4.69, 9.17) is 4.74 Å². The first-order valence-corrected chi connectivity index (χ1v) is 32.1. The second-order valence-electron chi connectivity index (χ2n) is 22.1. The molecule has 2 atom stereocenters. The molecule has 1 amide bonds. The summed E-state index contributed by atoms with van der Waals surface area (Å²) >= 11 is 0. The van der Waals surface area contributed by atoms with E-state index >= 15 is 0 Å². The quantitative estimate of drug-likeness (QED) is 0.0320. The number of esters is 1. The summed E-state index contributed by atoms with van der Waals surface area (Å²) in [6.07, 6.45) is 74.8. The van der Waals surface area contributed by atoms with Crippen LogP contribution in [0.2, 0.25) is 0 Å². The van der Waals surface area contributed by atoms with E-state index in [2.05, 4.69) is 43.5 Å². The molecule has 0 aliphatic heterocycles. The number of carbonyl (C=O) groups is 2. The molecular weight excluding hydrogens is 875 g/mol. The fraction of sp³-hybridized carbons (Fsp3) is 0.908. The van der Waals surface area contributed by atoms with Crippen LogP contribution in [0.4, 0.5) is 0 Å². The second kappa shape index (κ2) is 60.9. The van der Waals surface area contributed by atoms with Gasteiger partial charge in [0.05, 0.1) is 25.4 Å². The number of carbonyl (C=O) groups excluding carboxylic acids is 2. The molecule has 0 heterocycles. The van der Waals surface area contributed by atoms with Crippen molar-refractivity contribution in [3.8, 4) is 0 Å². The number of hydrogen-bond acceptors (Lipinski definition) is 5. The van der Waals surface area contributed by atoms with E-state index in [-0.39, 0.29) is 18.5 Å². The van der Waals surface area contributed by atoms with E-state index in [0.29, 0.717) is 25.9 Å². The van der Waals surface area contributed by atoms with Gasteiger partial charge in [0.1, 0.15) is 0 Å². The van der Waals surface area contributed by atoms with Crippen LogP contribution < -0.4 is 5.32 Å². The van der Waals surface area contributed by atoms with E-state index in [1.54, 1.807) is 0 Å². The predicted octanol–water partition coefficient (Wildman–Crippen LogP) is 20.2. The van der Waals surface area contributed by atoms with Crippen LogP contribution in [0.25, 0.3) is 0 Å². The van der Waals surface area contributed by atoms with Crippen molar-refractivity contribution in [3.05, 3.63) is 24.3 Å². The summed E-state index contributed by atoms with van der Waals surface area (Å²) < 4.78 is 5.48. The van der Waals surface area contributed by atoms with Gasteiger partial charge in [-0.05, 0) is 77.0 Å². The van der Waals surface area contributed by atoms with E-state index in [1.807, 2.05) is 0 Å². The Hall–Kier alpha value is -1.66. The van der Waals surface area contributed by atoms with Gasteiger partial charge in [0.2, 0.25) is 5.91 Å². The highest BCUT2D eigenvalue weighted by Gasteiger charge is 2.20. The number of amides is 1. The summed E-state index contributed by atoms with van der Waals surface area (Å²) in [7, 11) is 0. The van der Waals surface area contributed by atoms with Crippen LogP contribution in [-0.2, 0) is 14.3 Å². The second-order valence-corrected chi connectivity index (χ2v) is 22.1. The lowest BCUT2D eigenvalue weighted by atomic mass is 10.0. The number of ether oxygens (including phenoxy) is 1. The maximum atomic E-state index is 12.5. The molecule has 6 heteroatoms. The Morgan fingerprint density at radius 3 is 1.01 bits per heavy atom. The summed E-state index contributed by atoms with van der Waals surface area (Å²) in [5, 5.41) is 23.4. The molecule has 6 nitrogen and oxygen atoms in total. The first kappa shape index (κ1) is 69.3. The number of unbranched alkanes of at least 4 members (excludes halogenated alkanes) is 45. The van der Waals surface area contributed by atoms with Gasteiger partial charge in [0, 0.05) is 12.8 Å². The van der Waals surface area contributed by atoms with Gasteiger partial charge in [-0.3, -0.25) is 9.59 Å². The number of hydrogen-bond donors (Lipinski definition) is 3. The van der Waals surface area contributed by atoms with Crippen molar-refractivity contribution in [1.29, 1.82) is 0 Å². The monoisotopic (exact) mass is 1000 g/mol. The number of aliphatic hydroxyl groups excluding tert-OH is 2. The van der Waals surface area contributed by atoms with Gasteiger partial charge < -0.3 is 20.3 Å². The third-order valence-electron chi connectivity index (χ3n) is 15.0. The maximum absolute atomic E-state index is 12.5. The zero-order valence-electron chi connectivity index (χ0n) is 48.0. The van der Waals surface area contributed by atoms with Crippen molar-refractivity contribution in [2.24, 2.45) is 0 Å². The molecular formula is C65H125NO5. The fourth-order valence-corrected chi connectivity index (χ4v) is 10.0. The Bertz CT molecular complexity index is 1110. The molecule has 0 aliphatic rings. The SMILES string of the molecule is CCCCCCCC/C=C\CCCCCCCCCC(=O)OCCCCCCCC/C=C\CCCCCC(=O)NC(CO)C(O)CCCCCCCCCCCCCCCCCCCCCCCCCC. The first-order valence-electron chi connectivity index (χ1n) is 32.1. The third kappa shape index (κ3) is 57.5. The summed E-state index contributed by atoms with van der Waals surface area (Å²) in [5.74, 6) is -0.0761. The smallest absolute Gasteiger partial charge is 0.305 e. The number of aliphatic hydroxyl groups is 2. The lowest BCUT2D eigenvalue weighted by molar-refractivity contribution is -0.143. The van der Waals surface area contributed by atoms with Crippen LogP contribution in [0.5, 0.6) is 0 Å². The summed E-state index contributed by atoms with van der Waals surface area (Å²) in [6, 6.07) is -0.563. The average molecular weight is 1000 g/mol. The minimum atomic E-state index is -0.683. The molecule has 0 radical (unpaired) electrons. The summed E-state index contributed by atoms with van der Waals surface area (Å²) in [4.78, 5) is 24.6. The molecule has 0 aliphatic carbocycles. The zero-order chi connectivity index (χ0) is 51.4. The van der Waals surface area contributed by atoms with Gasteiger partial charge in [-0.2, -0.15) is 0 Å². The van der Waals surface area contributed by atoms with Crippen molar-refractivity contribution in [2.45, 2.75) is 366 Å². The van der Waals surface area contributed by atoms with Gasteiger partial charge >= 0.3 is 5.97 Å². The number of allylic oxidation sites excluding steroid dienone is 4. The Morgan fingerprint density at radius 1 is 0.380 bits per heavy atom. The van der Waals surface area contributed by atoms with Crippen molar-refractivity contribution >= 4 is 11.9 Å². The molecule has 0 aromatic heterocycles. The maximum Gasteiger partial charge on any atom is 0.305 e. The van der Waals surface area contributed by atoms with E-state index < -0.39 is 12.1 Å². The molecule has 0 fully saturated rings. The van der Waals surface area contributed by atoms with Crippen molar-refractivity contribution in [2.75, 3.05) is 13.2 Å². The highest BCUT2D eigenvalue weighted by Crippen LogP contribution is 2.18. The van der Waals surface area contributed by atoms with Gasteiger partial charge in [-0.15, -0.1) is 0 Å². The van der Waals surface area contributed by atoms with Crippen molar-refractivity contribution < 1.29 is 24.5 Å². The standard InChI is InChI=1S/C65H125NO5/c1-3-5-7-9-11-13-15-17-19-21-22-23-24-25-26-27-29-30-33-37-41-45-49-53-57-63(68)62(61-67)66-64(69)58-54-50-46-42-38-34-32-36-40-44-48-52-56-60-71-65(70)59-55-51-47-43-39-35-31-28-20-18-16-14-12-10-8-6-4-2/h18,20,34,38,62-63,67-68H,3-17,19,21-33,35-37,39-61H2,1-2H3,(H,66,69)/b20-18-,38-34-. The van der Waals surface area contributed by atoms with Gasteiger partial charge in [-0.25, -0.2) is 0 Å². The Kier molecular flexibility index (Phi) is 59.5. The first-order chi connectivity index (χ1) is 35.0. The van der Waals surface area contributed by atoms with Crippen molar-refractivity contribution in [1.82, 2.24) is 5.32 Å². The molecule has 0 bridgehead atoms. The van der Waals surface area contributed by atoms with Crippen LogP contribution in [0.1, 0.15) is 354 Å². The molecule has 0 rings (SSSR count). The molecule has 2 unspecified atom stereocenters. The Balaban J connectivity index is 3.47. The summed E-state index contributed by atoms with van der Waals surface area (Å²) in [5.41, 5.74) is 0. The van der Waals surface area contributed by atoms with Gasteiger partial charge in [-0.1, -0.05) is 289 Å². The summed E-state index contributed by atoms with van der Waals surface area (Å²) in [6.45, 7) is 4.93. The van der Waals surface area contributed by atoms with Crippen LogP contribution in [0, 0.1) is 0 Å². The minimum absolute atomic E-state index is 0.0148. The zero-order valence-corrected chi connectivity index (χ0v) is 48.0. The van der Waals surface area contributed by atoms with E-state index in [0.717, 1.165) is 70.6 Å². The predicted molar refractivity (Wildman–Crippen MR) is 310 cm³/mol. The molecule has 0 aromatic carbocycles. The number of nitrogens with one attached hydrogen (secondary N) is 1. The third-order valence-corrected chi connectivity index (χ3v) is 15.0. The molecule has 0 saturated carbocycles. The molecule has 0 spiro atoms. The molecule has 3 N–H and O–H groups in total. The topological polar surface area (TPSA) is 95.9 Å². The highest BCUT2D eigenvalue weighted by molar-refractivity contribution is 5.76. The van der Waals surface area contributed by atoms with Gasteiger partial charge in [0.15, 0.2) is 0 Å².